The highest BCUT2D eigenvalue weighted by molar-refractivity contribution is 6.12. The molecule has 4 rings (SSSR count). The highest BCUT2D eigenvalue weighted by Crippen LogP contribution is 2.57. The van der Waals surface area contributed by atoms with Crippen molar-refractivity contribution in [1.29, 1.82) is 26.3 Å². The zero-order valence-electron chi connectivity index (χ0n) is 22.5. The highest BCUT2D eigenvalue weighted by atomic mass is 19.4. The van der Waals surface area contributed by atoms with E-state index in [2.05, 4.69) is 0 Å². The van der Waals surface area contributed by atoms with Gasteiger partial charge in [-0.3, -0.25) is 0 Å². The van der Waals surface area contributed by atoms with Gasteiger partial charge in [-0.1, -0.05) is 0 Å². The minimum Gasteiger partial charge on any atom is -0.209 e. The number of benzene rings is 2. The van der Waals surface area contributed by atoms with Crippen molar-refractivity contribution < 1.29 is 61.5 Å². The second-order valence-corrected chi connectivity index (χ2v) is 9.07. The lowest BCUT2D eigenvalue weighted by atomic mass is 9.99. The quantitative estimate of drug-likeness (QED) is 0.120. The summed E-state index contributed by atoms with van der Waals surface area (Å²) in [4.78, 5) is 2.03. The van der Waals surface area contributed by atoms with Gasteiger partial charge >= 0.3 is 6.18 Å². The van der Waals surface area contributed by atoms with Gasteiger partial charge in [0.05, 0.1) is 33.4 Å². The Morgan fingerprint density at radius 2 is 0.714 bits per heavy atom. The van der Waals surface area contributed by atoms with E-state index < -0.39 is 137 Å². The van der Waals surface area contributed by atoms with Crippen LogP contribution in [0, 0.1) is 121 Å². The molecule has 1 aliphatic carbocycles. The summed E-state index contributed by atoms with van der Waals surface area (Å²) in [6.07, 6.45) is -5.94. The summed E-state index contributed by atoms with van der Waals surface area (Å²) in [5, 5.41) is 46.9. The normalized spacial score (nSPS) is 15.4. The Labute approximate surface area is 260 Å². The fourth-order valence-corrected chi connectivity index (χ4v) is 4.47. The van der Waals surface area contributed by atoms with Crippen LogP contribution >= 0.6 is 0 Å². The van der Waals surface area contributed by atoms with Crippen LogP contribution in [0.1, 0.15) is 33.5 Å². The van der Waals surface area contributed by atoms with Crippen molar-refractivity contribution >= 4 is 16.7 Å². The Morgan fingerprint density at radius 3 is 0.959 bits per heavy atom. The molecule has 6 nitrogen and oxygen atoms in total. The van der Waals surface area contributed by atoms with Crippen LogP contribution in [0.2, 0.25) is 0 Å². The van der Waals surface area contributed by atoms with Gasteiger partial charge in [0, 0.05) is 16.7 Å². The molecular formula is C29F14N6. The number of nitriles is 5. The molecule has 1 aromatic heterocycles. The molecule has 0 amide bonds. The highest BCUT2D eigenvalue weighted by Gasteiger charge is 2.47. The summed E-state index contributed by atoms with van der Waals surface area (Å²) < 4.78 is 202. The number of hydrogen-bond donors (Lipinski definition) is 0. The molecule has 0 aliphatic heterocycles. The van der Waals surface area contributed by atoms with Crippen molar-refractivity contribution in [2.75, 3.05) is 0 Å². The fraction of sp³-hybridized carbons (Fsp3) is 0.0345. The lowest BCUT2D eigenvalue weighted by Crippen LogP contribution is -2.16. The summed E-state index contributed by atoms with van der Waals surface area (Å²) in [7, 11) is 0. The first kappa shape index (κ1) is 35.1. The van der Waals surface area contributed by atoms with Crippen molar-refractivity contribution in [3.05, 3.63) is 114 Å². The van der Waals surface area contributed by atoms with Crippen LogP contribution in [-0.4, -0.2) is 4.98 Å². The maximum atomic E-state index is 15.1. The van der Waals surface area contributed by atoms with E-state index in [1.807, 2.05) is 4.98 Å². The zero-order chi connectivity index (χ0) is 37.0. The Bertz CT molecular complexity index is 2210. The third kappa shape index (κ3) is 5.14. The second kappa shape index (κ2) is 12.1. The monoisotopic (exact) mass is 698 g/mol. The Hall–Kier alpha value is -6.72. The zero-order valence-corrected chi connectivity index (χ0v) is 22.5. The van der Waals surface area contributed by atoms with Gasteiger partial charge in [-0.05, 0) is 0 Å². The van der Waals surface area contributed by atoms with Crippen LogP contribution in [0.25, 0.3) is 16.7 Å². The largest absolute Gasteiger partial charge is 0.436 e. The molecule has 1 heterocycles. The van der Waals surface area contributed by atoms with Gasteiger partial charge in [-0.25, -0.2) is 48.9 Å². The van der Waals surface area contributed by atoms with E-state index in [0.717, 1.165) is 30.3 Å². The Morgan fingerprint density at radius 1 is 0.429 bits per heavy atom. The molecule has 244 valence electrons. The summed E-state index contributed by atoms with van der Waals surface area (Å²) in [5.74, 6) is -28.7. The smallest absolute Gasteiger partial charge is 0.209 e. The third-order valence-electron chi connectivity index (χ3n) is 6.58. The van der Waals surface area contributed by atoms with Crippen LogP contribution in [-0.2, 0) is 6.18 Å². The SMILES string of the molecule is N#CC(=C1C(=C(\C#N)c2c(F)c(F)c(C#N)c(F)c2F)/C1=C(\C#N)c1c(F)c(F)c(C#N)c(F)c1F)c1c(F)c(F)nc(C(F)(F)F)c1F. The average molecular weight is 698 g/mol. The van der Waals surface area contributed by atoms with Crippen molar-refractivity contribution in [1.82, 2.24) is 4.98 Å². The van der Waals surface area contributed by atoms with Gasteiger partial charge in [0.1, 0.15) is 41.5 Å². The van der Waals surface area contributed by atoms with Crippen LogP contribution in [0.3, 0.4) is 0 Å². The molecule has 0 spiro atoms. The van der Waals surface area contributed by atoms with Gasteiger partial charge in [0.25, 0.3) is 0 Å². The number of aromatic nitrogens is 1. The maximum Gasteiger partial charge on any atom is 0.436 e. The summed E-state index contributed by atoms with van der Waals surface area (Å²) in [6.45, 7) is 0. The van der Waals surface area contributed by atoms with Crippen molar-refractivity contribution in [3.8, 4) is 30.3 Å². The summed E-state index contributed by atoms with van der Waals surface area (Å²) in [5.41, 5.74) is -23.7. The lowest BCUT2D eigenvalue weighted by Gasteiger charge is -2.11. The predicted octanol–water partition coefficient (Wildman–Crippen LogP) is 7.62. The first-order chi connectivity index (χ1) is 22.9. The second-order valence-electron chi connectivity index (χ2n) is 9.07. The number of alkyl halides is 3. The van der Waals surface area contributed by atoms with Gasteiger partial charge in [0.15, 0.2) is 63.9 Å². The standard InChI is InChI=1S/C29F14N6/c30-17-9(4-47)18(31)22(35)14(21(17)34)6(1-44)11-12(7(2-45)15-23(36)19(32)10(5-48)20(33)24(15)37)13(11)8(3-46)16-25(38)27(29(41,42)43)49-28(40)26(16)39/b11-6-,12-7+,13-8?. The van der Waals surface area contributed by atoms with Crippen LogP contribution in [0.4, 0.5) is 61.5 Å². The average Bonchev–Trinajstić information content (AvgIpc) is 3.76. The summed E-state index contributed by atoms with van der Waals surface area (Å²) in [6, 6.07) is 4.05. The minimum atomic E-state index is -5.94. The molecular weight excluding hydrogens is 698 g/mol. The van der Waals surface area contributed by atoms with E-state index in [9.17, 15) is 55.3 Å². The number of allylic oxidation sites excluding steroid dienone is 6. The van der Waals surface area contributed by atoms with E-state index in [-0.39, 0.29) is 0 Å². The Balaban J connectivity index is 2.38. The first-order valence-corrected chi connectivity index (χ1v) is 12.0. The molecule has 0 bridgehead atoms. The van der Waals surface area contributed by atoms with E-state index in [0.29, 0.717) is 0 Å². The molecule has 2 aromatic carbocycles. The molecule has 0 unspecified atom stereocenters. The van der Waals surface area contributed by atoms with Gasteiger partial charge in [-0.2, -0.15) is 43.9 Å². The topological polar surface area (TPSA) is 132 Å². The molecule has 1 fully saturated rings. The van der Waals surface area contributed by atoms with Crippen LogP contribution < -0.4 is 0 Å². The number of pyridine rings is 1. The number of hydrogen-bond acceptors (Lipinski definition) is 6. The van der Waals surface area contributed by atoms with Crippen molar-refractivity contribution in [2.24, 2.45) is 0 Å². The summed E-state index contributed by atoms with van der Waals surface area (Å²) >= 11 is 0. The molecule has 20 heteroatoms. The van der Waals surface area contributed by atoms with Crippen LogP contribution in [0.5, 0.6) is 0 Å². The molecule has 3 aromatic rings. The number of rotatable bonds is 3. The molecule has 1 aliphatic rings. The van der Waals surface area contributed by atoms with Gasteiger partial charge in [0.2, 0.25) is 5.95 Å². The maximum absolute atomic E-state index is 15.1. The van der Waals surface area contributed by atoms with Crippen molar-refractivity contribution in [2.45, 2.75) is 6.18 Å². The molecule has 49 heavy (non-hydrogen) atoms. The molecule has 0 saturated heterocycles. The molecule has 1 saturated carbocycles. The van der Waals surface area contributed by atoms with E-state index >= 15 is 22.0 Å². The number of nitrogens with zero attached hydrogens (tertiary/aromatic N) is 6. The predicted molar refractivity (Wildman–Crippen MR) is 129 cm³/mol. The lowest BCUT2D eigenvalue weighted by molar-refractivity contribution is -0.144. The fourth-order valence-electron chi connectivity index (χ4n) is 4.47. The van der Waals surface area contributed by atoms with Crippen LogP contribution in [0.15, 0.2) is 16.7 Å². The minimum absolute atomic E-state index is 0.729. The van der Waals surface area contributed by atoms with E-state index in [1.165, 1.54) is 0 Å². The molecule has 0 N–H and O–H groups in total. The van der Waals surface area contributed by atoms with E-state index in [1.54, 1.807) is 0 Å². The molecule has 0 radical (unpaired) electrons. The third-order valence-corrected chi connectivity index (χ3v) is 6.58. The Kier molecular flexibility index (Phi) is 8.71. The molecule has 0 atom stereocenters. The van der Waals surface area contributed by atoms with Crippen molar-refractivity contribution in [3.63, 3.8) is 0 Å². The van der Waals surface area contributed by atoms with E-state index in [4.69, 9.17) is 10.5 Å². The van der Waals surface area contributed by atoms with Gasteiger partial charge in [-0.15, -0.1) is 0 Å². The van der Waals surface area contributed by atoms with Gasteiger partial charge < -0.3 is 0 Å². The first-order valence-electron chi connectivity index (χ1n) is 12.0. The number of halogens is 14.